The Morgan fingerprint density at radius 2 is 2.08 bits per heavy atom. The van der Waals surface area contributed by atoms with E-state index in [1.165, 1.54) is 12.8 Å². The Bertz CT molecular complexity index is 223. The van der Waals surface area contributed by atoms with Crippen molar-refractivity contribution in [3.63, 3.8) is 0 Å². The van der Waals surface area contributed by atoms with Crippen molar-refractivity contribution in [3.8, 4) is 0 Å². The van der Waals surface area contributed by atoms with E-state index in [1.54, 1.807) is 12.4 Å². The molecule has 1 rings (SSSR count). The second kappa shape index (κ2) is 5.65. The van der Waals surface area contributed by atoms with Gasteiger partial charge < -0.3 is 5.32 Å². The highest BCUT2D eigenvalue weighted by molar-refractivity contribution is 4.88. The van der Waals surface area contributed by atoms with Crippen LogP contribution >= 0.6 is 0 Å². The van der Waals surface area contributed by atoms with E-state index in [1.807, 2.05) is 6.07 Å². The van der Waals surface area contributed by atoms with Gasteiger partial charge in [-0.3, -0.25) is 0 Å². The first kappa shape index (κ1) is 10.1. The molecule has 1 atom stereocenters. The highest BCUT2D eigenvalue weighted by Crippen LogP contribution is 1.96. The van der Waals surface area contributed by atoms with Crippen molar-refractivity contribution in [3.05, 3.63) is 24.3 Å². The fourth-order valence-corrected chi connectivity index (χ4v) is 1.22. The van der Waals surface area contributed by atoms with Crippen LogP contribution in [0, 0.1) is 0 Å². The number of hydrogen-bond donors (Lipinski definition) is 1. The Labute approximate surface area is 79.6 Å². The maximum atomic E-state index is 4.14. The molecule has 0 spiro atoms. The van der Waals surface area contributed by atoms with E-state index in [0.29, 0.717) is 6.04 Å². The van der Waals surface area contributed by atoms with Crippen LogP contribution in [0.3, 0.4) is 0 Å². The maximum absolute atomic E-state index is 4.14. The molecule has 3 heteroatoms. The van der Waals surface area contributed by atoms with E-state index in [-0.39, 0.29) is 0 Å². The molecule has 0 aromatic carbocycles. The first-order valence-electron chi connectivity index (χ1n) is 4.82. The molecule has 0 aliphatic carbocycles. The van der Waals surface area contributed by atoms with Gasteiger partial charge in [0.25, 0.3) is 0 Å². The van der Waals surface area contributed by atoms with E-state index in [9.17, 15) is 0 Å². The first-order valence-corrected chi connectivity index (χ1v) is 4.82. The van der Waals surface area contributed by atoms with Crippen LogP contribution < -0.4 is 5.32 Å². The second-order valence-corrected chi connectivity index (χ2v) is 3.24. The van der Waals surface area contributed by atoms with Crippen molar-refractivity contribution in [1.29, 1.82) is 0 Å². The molecule has 0 radical (unpaired) electrons. The smallest absolute Gasteiger partial charge is 0.141 e. The lowest BCUT2D eigenvalue weighted by atomic mass is 10.2. The Morgan fingerprint density at radius 3 is 2.69 bits per heavy atom. The summed E-state index contributed by atoms with van der Waals surface area (Å²) in [5, 5.41) is 3.37. The zero-order valence-electron chi connectivity index (χ0n) is 8.33. The zero-order valence-corrected chi connectivity index (χ0v) is 8.33. The maximum Gasteiger partial charge on any atom is 0.141 e. The molecule has 1 heterocycles. The van der Waals surface area contributed by atoms with Gasteiger partial charge in [0.1, 0.15) is 5.82 Å². The fourth-order valence-electron chi connectivity index (χ4n) is 1.22. The summed E-state index contributed by atoms with van der Waals surface area (Å²) in [6.45, 7) is 5.14. The highest BCUT2D eigenvalue weighted by Gasteiger charge is 2.00. The molecule has 0 aliphatic heterocycles. The van der Waals surface area contributed by atoms with Crippen LogP contribution in [-0.4, -0.2) is 16.0 Å². The van der Waals surface area contributed by atoms with Gasteiger partial charge in [-0.15, -0.1) is 0 Å². The molecule has 0 fully saturated rings. The summed E-state index contributed by atoms with van der Waals surface area (Å²) >= 11 is 0. The number of aromatic nitrogens is 2. The van der Waals surface area contributed by atoms with Gasteiger partial charge in [-0.1, -0.05) is 13.3 Å². The van der Waals surface area contributed by atoms with Crippen LogP contribution in [0.25, 0.3) is 0 Å². The third-order valence-electron chi connectivity index (χ3n) is 1.95. The molecular formula is C10H17N3. The van der Waals surface area contributed by atoms with Crippen LogP contribution in [0.15, 0.2) is 18.5 Å². The van der Waals surface area contributed by atoms with Gasteiger partial charge in [0, 0.05) is 18.4 Å². The minimum absolute atomic E-state index is 0.550. The quantitative estimate of drug-likeness (QED) is 0.748. The van der Waals surface area contributed by atoms with Crippen molar-refractivity contribution in [1.82, 2.24) is 15.3 Å². The lowest BCUT2D eigenvalue weighted by molar-refractivity contribution is 0.499. The van der Waals surface area contributed by atoms with Crippen molar-refractivity contribution in [2.75, 3.05) is 0 Å². The van der Waals surface area contributed by atoms with Crippen LogP contribution in [0.5, 0.6) is 0 Å². The average Bonchev–Trinajstić information content (AvgIpc) is 2.17. The molecule has 1 aromatic heterocycles. The van der Waals surface area contributed by atoms with Crippen molar-refractivity contribution in [2.24, 2.45) is 0 Å². The van der Waals surface area contributed by atoms with Gasteiger partial charge >= 0.3 is 0 Å². The zero-order chi connectivity index (χ0) is 9.52. The van der Waals surface area contributed by atoms with Crippen LogP contribution in [0.2, 0.25) is 0 Å². The first-order chi connectivity index (χ1) is 6.33. The van der Waals surface area contributed by atoms with Crippen molar-refractivity contribution in [2.45, 2.75) is 39.3 Å². The van der Waals surface area contributed by atoms with Crippen LogP contribution in [0.4, 0.5) is 0 Å². The van der Waals surface area contributed by atoms with Gasteiger partial charge in [0.05, 0.1) is 6.54 Å². The lowest BCUT2D eigenvalue weighted by Gasteiger charge is -2.10. The SMILES string of the molecule is CCCC(C)NCc1ncccn1. The summed E-state index contributed by atoms with van der Waals surface area (Å²) in [5.74, 6) is 0.866. The molecule has 0 saturated heterocycles. The van der Waals surface area contributed by atoms with E-state index < -0.39 is 0 Å². The fraction of sp³-hybridized carbons (Fsp3) is 0.600. The third-order valence-corrected chi connectivity index (χ3v) is 1.95. The molecule has 0 bridgehead atoms. The monoisotopic (exact) mass is 179 g/mol. The molecule has 3 nitrogen and oxygen atoms in total. The Balaban J connectivity index is 2.27. The molecule has 1 N–H and O–H groups in total. The van der Waals surface area contributed by atoms with E-state index >= 15 is 0 Å². The molecule has 1 aromatic rings. The topological polar surface area (TPSA) is 37.8 Å². The Hall–Kier alpha value is -0.960. The number of hydrogen-bond acceptors (Lipinski definition) is 3. The minimum Gasteiger partial charge on any atom is -0.307 e. The van der Waals surface area contributed by atoms with Crippen LogP contribution in [0.1, 0.15) is 32.5 Å². The highest BCUT2D eigenvalue weighted by atomic mass is 15.0. The number of rotatable bonds is 5. The largest absolute Gasteiger partial charge is 0.307 e. The normalized spacial score (nSPS) is 12.8. The minimum atomic E-state index is 0.550. The summed E-state index contributed by atoms with van der Waals surface area (Å²) in [4.78, 5) is 8.27. The average molecular weight is 179 g/mol. The van der Waals surface area contributed by atoms with Gasteiger partial charge in [0.15, 0.2) is 0 Å². The van der Waals surface area contributed by atoms with Crippen molar-refractivity contribution >= 4 is 0 Å². The third kappa shape index (κ3) is 3.99. The summed E-state index contributed by atoms with van der Waals surface area (Å²) < 4.78 is 0. The molecule has 72 valence electrons. The molecule has 0 aliphatic rings. The van der Waals surface area contributed by atoms with E-state index in [2.05, 4.69) is 29.1 Å². The molecule has 13 heavy (non-hydrogen) atoms. The summed E-state index contributed by atoms with van der Waals surface area (Å²) in [6.07, 6.45) is 5.96. The standard InChI is InChI=1S/C10H17N3/c1-3-5-9(2)13-8-10-11-6-4-7-12-10/h4,6-7,9,13H,3,5,8H2,1-2H3. The van der Waals surface area contributed by atoms with Crippen LogP contribution in [-0.2, 0) is 6.54 Å². The van der Waals surface area contributed by atoms with E-state index in [0.717, 1.165) is 12.4 Å². The van der Waals surface area contributed by atoms with Gasteiger partial charge in [-0.25, -0.2) is 9.97 Å². The predicted molar refractivity (Wildman–Crippen MR) is 53.2 cm³/mol. The molecule has 0 saturated carbocycles. The lowest BCUT2D eigenvalue weighted by Crippen LogP contribution is -2.25. The second-order valence-electron chi connectivity index (χ2n) is 3.24. The number of nitrogens with zero attached hydrogens (tertiary/aromatic N) is 2. The van der Waals surface area contributed by atoms with Gasteiger partial charge in [-0.2, -0.15) is 0 Å². The van der Waals surface area contributed by atoms with Gasteiger partial charge in [0.2, 0.25) is 0 Å². The summed E-state index contributed by atoms with van der Waals surface area (Å²) in [5.41, 5.74) is 0. The Kier molecular flexibility index (Phi) is 4.40. The number of nitrogens with one attached hydrogen (secondary N) is 1. The predicted octanol–water partition coefficient (Wildman–Crippen LogP) is 1.75. The van der Waals surface area contributed by atoms with Gasteiger partial charge in [-0.05, 0) is 19.4 Å². The van der Waals surface area contributed by atoms with Crippen molar-refractivity contribution < 1.29 is 0 Å². The van der Waals surface area contributed by atoms with E-state index in [4.69, 9.17) is 0 Å². The molecular weight excluding hydrogens is 162 g/mol. The Morgan fingerprint density at radius 1 is 1.38 bits per heavy atom. The molecule has 0 amide bonds. The molecule has 1 unspecified atom stereocenters. The summed E-state index contributed by atoms with van der Waals surface area (Å²) in [6, 6.07) is 2.38. The summed E-state index contributed by atoms with van der Waals surface area (Å²) in [7, 11) is 0.